The number of sulfone groups is 1. The first-order chi connectivity index (χ1) is 15.3. The lowest BCUT2D eigenvalue weighted by atomic mass is 10.0. The van der Waals surface area contributed by atoms with E-state index in [4.69, 9.17) is 0 Å². The van der Waals surface area contributed by atoms with Gasteiger partial charge in [0, 0.05) is 18.0 Å². The second kappa shape index (κ2) is 8.51. The molecular formula is C25H21FN2O3S. The third kappa shape index (κ3) is 4.24. The zero-order valence-corrected chi connectivity index (χ0v) is 18.4. The molecule has 0 aliphatic rings. The van der Waals surface area contributed by atoms with Crippen LogP contribution in [0.3, 0.4) is 0 Å². The van der Waals surface area contributed by atoms with Crippen molar-refractivity contribution >= 4 is 9.84 Å². The normalized spacial score (nSPS) is 12.5. The molecule has 162 valence electrons. The molecule has 3 aromatic carbocycles. The first kappa shape index (κ1) is 21.6. The Morgan fingerprint density at radius 2 is 1.53 bits per heavy atom. The minimum absolute atomic E-state index is 0.0699. The Balaban J connectivity index is 1.84. The van der Waals surface area contributed by atoms with Gasteiger partial charge in [-0.2, -0.15) is 5.10 Å². The average molecular weight is 449 g/mol. The van der Waals surface area contributed by atoms with E-state index in [0.29, 0.717) is 22.3 Å². The van der Waals surface area contributed by atoms with Crippen LogP contribution in [0.15, 0.2) is 94.7 Å². The largest absolute Gasteiger partial charge is 0.275 e. The molecule has 5 nitrogen and oxygen atoms in total. The van der Waals surface area contributed by atoms with E-state index in [1.807, 2.05) is 37.3 Å². The van der Waals surface area contributed by atoms with Crippen molar-refractivity contribution in [3.05, 3.63) is 107 Å². The molecule has 0 saturated carbocycles. The van der Waals surface area contributed by atoms with Crippen molar-refractivity contribution in [3.8, 4) is 22.3 Å². The molecule has 0 saturated heterocycles. The highest BCUT2D eigenvalue weighted by Gasteiger charge is 2.19. The zero-order chi connectivity index (χ0) is 22.9. The van der Waals surface area contributed by atoms with Crippen molar-refractivity contribution in [2.45, 2.75) is 17.9 Å². The highest BCUT2D eigenvalue weighted by atomic mass is 32.2. The molecular weight excluding hydrogens is 427 g/mol. The van der Waals surface area contributed by atoms with Gasteiger partial charge in [-0.3, -0.25) is 4.79 Å². The van der Waals surface area contributed by atoms with E-state index in [-0.39, 0.29) is 16.5 Å². The number of benzene rings is 3. The number of aromatic nitrogens is 2. The molecule has 0 bridgehead atoms. The van der Waals surface area contributed by atoms with Gasteiger partial charge in [0.2, 0.25) is 0 Å². The molecule has 1 heterocycles. The maximum Gasteiger partial charge on any atom is 0.275 e. The minimum atomic E-state index is -3.62. The Kier molecular flexibility index (Phi) is 5.76. The highest BCUT2D eigenvalue weighted by molar-refractivity contribution is 7.90. The number of rotatable bonds is 5. The van der Waals surface area contributed by atoms with Gasteiger partial charge in [-0.1, -0.05) is 54.6 Å². The fourth-order valence-electron chi connectivity index (χ4n) is 3.66. The van der Waals surface area contributed by atoms with Gasteiger partial charge < -0.3 is 0 Å². The minimum Gasteiger partial charge on any atom is -0.267 e. The van der Waals surface area contributed by atoms with Crippen LogP contribution in [0.4, 0.5) is 4.39 Å². The van der Waals surface area contributed by atoms with Gasteiger partial charge in [0.15, 0.2) is 9.84 Å². The topological polar surface area (TPSA) is 69.0 Å². The van der Waals surface area contributed by atoms with Crippen molar-refractivity contribution in [1.29, 1.82) is 0 Å². The fraction of sp³-hybridized carbons (Fsp3) is 0.120. The van der Waals surface area contributed by atoms with Crippen LogP contribution in [0.25, 0.3) is 22.3 Å². The zero-order valence-electron chi connectivity index (χ0n) is 17.6. The van der Waals surface area contributed by atoms with E-state index < -0.39 is 15.7 Å². The quantitative estimate of drug-likeness (QED) is 0.443. The van der Waals surface area contributed by atoms with Crippen molar-refractivity contribution < 1.29 is 12.8 Å². The first-order valence-corrected chi connectivity index (χ1v) is 11.9. The maximum absolute atomic E-state index is 13.3. The molecule has 0 fully saturated rings. The summed E-state index contributed by atoms with van der Waals surface area (Å²) in [6.45, 7) is 1.88. The van der Waals surface area contributed by atoms with Crippen LogP contribution >= 0.6 is 0 Å². The molecule has 1 aromatic heterocycles. The van der Waals surface area contributed by atoms with Crippen molar-refractivity contribution in [3.63, 3.8) is 0 Å². The number of hydrogen-bond acceptors (Lipinski definition) is 4. The predicted octanol–water partition coefficient (Wildman–Crippen LogP) is 4.73. The van der Waals surface area contributed by atoms with Crippen LogP contribution in [-0.4, -0.2) is 24.5 Å². The molecule has 32 heavy (non-hydrogen) atoms. The summed E-state index contributed by atoms with van der Waals surface area (Å²) in [6.07, 6.45) is 2.64. The first-order valence-electron chi connectivity index (χ1n) is 9.99. The van der Waals surface area contributed by atoms with Gasteiger partial charge in [-0.25, -0.2) is 17.5 Å². The molecule has 0 radical (unpaired) electrons. The molecule has 0 aliphatic heterocycles. The molecule has 0 N–H and O–H groups in total. The van der Waals surface area contributed by atoms with E-state index in [1.165, 1.54) is 41.2 Å². The lowest BCUT2D eigenvalue weighted by molar-refractivity contribution is 0.533. The van der Waals surface area contributed by atoms with Gasteiger partial charge >= 0.3 is 0 Å². The number of hydrogen-bond donors (Lipinski definition) is 0. The molecule has 0 amide bonds. The lowest BCUT2D eigenvalue weighted by Crippen LogP contribution is -2.27. The van der Waals surface area contributed by atoms with Crippen LogP contribution in [0.2, 0.25) is 0 Å². The van der Waals surface area contributed by atoms with E-state index in [9.17, 15) is 17.6 Å². The molecule has 0 aliphatic carbocycles. The van der Waals surface area contributed by atoms with Crippen LogP contribution in [0.1, 0.15) is 18.5 Å². The van der Waals surface area contributed by atoms with Crippen LogP contribution in [0.5, 0.6) is 0 Å². The van der Waals surface area contributed by atoms with Crippen molar-refractivity contribution in [2.24, 2.45) is 0 Å². The maximum atomic E-state index is 13.3. The van der Waals surface area contributed by atoms with Gasteiger partial charge in [0.05, 0.1) is 16.5 Å². The van der Waals surface area contributed by atoms with Gasteiger partial charge in [-0.15, -0.1) is 0 Å². The van der Waals surface area contributed by atoms with Crippen LogP contribution in [0, 0.1) is 5.82 Å². The third-order valence-electron chi connectivity index (χ3n) is 5.37. The summed E-state index contributed by atoms with van der Waals surface area (Å²) in [5, 5.41) is 4.24. The van der Waals surface area contributed by atoms with Gasteiger partial charge in [0.1, 0.15) is 5.82 Å². The van der Waals surface area contributed by atoms with Crippen LogP contribution < -0.4 is 5.56 Å². The summed E-state index contributed by atoms with van der Waals surface area (Å²) in [7, 11) is -3.62. The molecule has 4 rings (SSSR count). The molecule has 1 atom stereocenters. The summed E-state index contributed by atoms with van der Waals surface area (Å²) < 4.78 is 39.8. The summed E-state index contributed by atoms with van der Waals surface area (Å²) in [6, 6.07) is 21.3. The fourth-order valence-corrected chi connectivity index (χ4v) is 4.59. The summed E-state index contributed by atoms with van der Waals surface area (Å²) in [5.41, 5.74) is 2.45. The number of nitrogens with zero attached hydrogens (tertiary/aromatic N) is 2. The SMILES string of the molecule is CC(c1ccccc1)n1nccc(-c2ccc(-c3ccc(F)cc3)c(S(C)(=O)=O)c2)c1=O. The van der Waals surface area contributed by atoms with E-state index in [1.54, 1.807) is 18.2 Å². The summed E-state index contributed by atoms with van der Waals surface area (Å²) >= 11 is 0. The third-order valence-corrected chi connectivity index (χ3v) is 6.50. The second-order valence-corrected chi connectivity index (χ2v) is 9.56. The molecule has 4 aromatic rings. The standard InChI is InChI=1S/C25H21FN2O3S/c1-17(18-6-4-3-5-7-18)28-25(29)23(14-15-27-28)20-10-13-22(24(16-20)32(2,30)31)19-8-11-21(26)12-9-19/h3-17H,1-2H3. The Hall–Kier alpha value is -3.58. The van der Waals surface area contributed by atoms with E-state index in [0.717, 1.165) is 11.8 Å². The van der Waals surface area contributed by atoms with Gasteiger partial charge in [-0.05, 0) is 47.9 Å². The van der Waals surface area contributed by atoms with Crippen LogP contribution in [-0.2, 0) is 9.84 Å². The Morgan fingerprint density at radius 1 is 0.875 bits per heavy atom. The monoisotopic (exact) mass is 448 g/mol. The number of halogens is 1. The van der Waals surface area contributed by atoms with E-state index in [2.05, 4.69) is 5.10 Å². The Morgan fingerprint density at radius 3 is 2.19 bits per heavy atom. The molecule has 7 heteroatoms. The second-order valence-electron chi connectivity index (χ2n) is 7.57. The Bertz CT molecular complexity index is 1430. The van der Waals surface area contributed by atoms with Crippen molar-refractivity contribution in [2.75, 3.05) is 6.26 Å². The van der Waals surface area contributed by atoms with Crippen molar-refractivity contribution in [1.82, 2.24) is 9.78 Å². The van der Waals surface area contributed by atoms with E-state index >= 15 is 0 Å². The molecule has 0 spiro atoms. The van der Waals surface area contributed by atoms with Gasteiger partial charge in [0.25, 0.3) is 5.56 Å². The Labute approximate surface area is 185 Å². The summed E-state index contributed by atoms with van der Waals surface area (Å²) in [4.78, 5) is 13.3. The smallest absolute Gasteiger partial charge is 0.267 e. The summed E-state index contributed by atoms with van der Waals surface area (Å²) in [5.74, 6) is -0.406. The lowest BCUT2D eigenvalue weighted by Gasteiger charge is -2.16. The average Bonchev–Trinajstić information content (AvgIpc) is 2.79. The molecule has 1 unspecified atom stereocenters. The predicted molar refractivity (Wildman–Crippen MR) is 123 cm³/mol. The highest BCUT2D eigenvalue weighted by Crippen LogP contribution is 2.31.